The van der Waals surface area contributed by atoms with E-state index < -0.39 is 17.7 Å². The molecule has 0 spiro atoms. The first-order chi connectivity index (χ1) is 9.97. The molecule has 0 heterocycles. The van der Waals surface area contributed by atoms with Gasteiger partial charge in [-0.05, 0) is 31.2 Å². The second-order valence-electron chi connectivity index (χ2n) is 5.12. The number of halogens is 3. The van der Waals surface area contributed by atoms with Crippen molar-refractivity contribution in [1.82, 2.24) is 0 Å². The van der Waals surface area contributed by atoms with Crippen LogP contribution in [0.1, 0.15) is 37.7 Å². The molecule has 0 aliphatic heterocycles. The molecule has 1 aliphatic carbocycles. The highest BCUT2D eigenvalue weighted by molar-refractivity contribution is 5.92. The molecule has 0 bridgehead atoms. The summed E-state index contributed by atoms with van der Waals surface area (Å²) >= 11 is 0. The molecule has 0 amide bonds. The fourth-order valence-corrected chi connectivity index (χ4v) is 2.45. The van der Waals surface area contributed by atoms with Gasteiger partial charge in [-0.25, -0.2) is 4.79 Å². The van der Waals surface area contributed by atoms with Gasteiger partial charge in [-0.15, -0.1) is 0 Å². The Kier molecular flexibility index (Phi) is 5.04. The van der Waals surface area contributed by atoms with Crippen molar-refractivity contribution >= 4 is 11.5 Å². The summed E-state index contributed by atoms with van der Waals surface area (Å²) in [6.07, 6.45) is 0.156. The second-order valence-corrected chi connectivity index (χ2v) is 5.12. The fraction of sp³-hybridized carbons (Fsp3) is 0.438. The molecule has 2 nitrogen and oxygen atoms in total. The molecule has 1 aliphatic rings. The lowest BCUT2D eigenvalue weighted by molar-refractivity contribution is -0.144. The number of hydrogen-bond acceptors (Lipinski definition) is 2. The molecule has 5 heteroatoms. The molecular weight excluding hydrogens is 281 g/mol. The number of allylic oxidation sites excluding steroid dienone is 1. The summed E-state index contributed by atoms with van der Waals surface area (Å²) < 4.78 is 44.3. The van der Waals surface area contributed by atoms with Gasteiger partial charge in [-0.2, -0.15) is 13.2 Å². The number of carbonyl (C=O) groups is 1. The molecule has 0 aromatic heterocycles. The van der Waals surface area contributed by atoms with E-state index in [2.05, 4.69) is 0 Å². The van der Waals surface area contributed by atoms with Crippen LogP contribution in [0.2, 0.25) is 0 Å². The largest absolute Gasteiger partial charge is 0.459 e. The first kappa shape index (κ1) is 15.6. The van der Waals surface area contributed by atoms with Gasteiger partial charge >= 0.3 is 12.1 Å². The van der Waals surface area contributed by atoms with E-state index in [4.69, 9.17) is 4.74 Å². The maximum Gasteiger partial charge on any atom is 0.417 e. The highest BCUT2D eigenvalue weighted by atomic mass is 19.4. The summed E-state index contributed by atoms with van der Waals surface area (Å²) in [6, 6.07) is 7.28. The summed E-state index contributed by atoms with van der Waals surface area (Å²) in [7, 11) is 0. The van der Waals surface area contributed by atoms with Crippen molar-refractivity contribution in [3.63, 3.8) is 0 Å². The molecule has 0 unspecified atom stereocenters. The zero-order chi connectivity index (χ0) is 15.3. The third-order valence-electron chi connectivity index (χ3n) is 3.49. The molecule has 0 N–H and O–H groups in total. The van der Waals surface area contributed by atoms with Gasteiger partial charge in [0.2, 0.25) is 0 Å². The van der Waals surface area contributed by atoms with E-state index in [1.807, 2.05) is 0 Å². The summed E-state index contributed by atoms with van der Waals surface area (Å²) in [5.41, 5.74) is -1.01. The maximum absolute atomic E-state index is 13.1. The van der Waals surface area contributed by atoms with E-state index in [1.165, 1.54) is 24.3 Å². The maximum atomic E-state index is 13.1. The number of esters is 1. The van der Waals surface area contributed by atoms with Crippen molar-refractivity contribution in [3.8, 4) is 0 Å². The molecule has 1 aromatic carbocycles. The molecular formula is C16H17F3O2. The number of hydrogen-bond donors (Lipinski definition) is 0. The second kappa shape index (κ2) is 6.78. The summed E-state index contributed by atoms with van der Waals surface area (Å²) in [6.45, 7) is 0. The first-order valence-corrected chi connectivity index (χ1v) is 7.02. The van der Waals surface area contributed by atoms with Crippen LogP contribution in [0.15, 0.2) is 36.4 Å². The minimum absolute atomic E-state index is 0.0365. The van der Waals surface area contributed by atoms with E-state index in [9.17, 15) is 18.0 Å². The molecule has 1 fully saturated rings. The predicted octanol–water partition coefficient (Wildman–Crippen LogP) is 4.51. The van der Waals surface area contributed by atoms with Crippen LogP contribution in [0.4, 0.5) is 13.2 Å². The Morgan fingerprint density at radius 1 is 1.10 bits per heavy atom. The van der Waals surface area contributed by atoms with Gasteiger partial charge in [0.25, 0.3) is 0 Å². The quantitative estimate of drug-likeness (QED) is 0.606. The van der Waals surface area contributed by atoms with Gasteiger partial charge in [0.05, 0.1) is 5.57 Å². The first-order valence-electron chi connectivity index (χ1n) is 7.02. The van der Waals surface area contributed by atoms with Gasteiger partial charge in [0.1, 0.15) is 6.10 Å². The third-order valence-corrected chi connectivity index (χ3v) is 3.49. The van der Waals surface area contributed by atoms with Gasteiger partial charge in [-0.3, -0.25) is 0 Å². The number of carbonyl (C=O) groups excluding carboxylic acids is 1. The molecule has 21 heavy (non-hydrogen) atoms. The Morgan fingerprint density at radius 3 is 2.29 bits per heavy atom. The fourth-order valence-electron chi connectivity index (χ4n) is 2.45. The summed E-state index contributed by atoms with van der Waals surface area (Å²) in [4.78, 5) is 11.7. The molecule has 0 atom stereocenters. The third kappa shape index (κ3) is 4.62. The predicted molar refractivity (Wildman–Crippen MR) is 73.4 cm³/mol. The minimum atomic E-state index is -4.59. The van der Waals surface area contributed by atoms with Crippen molar-refractivity contribution in [2.75, 3.05) is 0 Å². The Hall–Kier alpha value is -1.78. The van der Waals surface area contributed by atoms with E-state index in [1.54, 1.807) is 6.07 Å². The smallest absolute Gasteiger partial charge is 0.417 e. The van der Waals surface area contributed by atoms with Crippen molar-refractivity contribution < 1.29 is 22.7 Å². The van der Waals surface area contributed by atoms with Crippen molar-refractivity contribution in [2.45, 2.75) is 44.4 Å². The van der Waals surface area contributed by atoms with Crippen LogP contribution < -0.4 is 0 Å². The van der Waals surface area contributed by atoms with Gasteiger partial charge in [0.15, 0.2) is 0 Å². The van der Waals surface area contributed by atoms with Crippen LogP contribution in [0.5, 0.6) is 0 Å². The van der Waals surface area contributed by atoms with Crippen molar-refractivity contribution in [3.05, 3.63) is 42.0 Å². The molecule has 114 valence electrons. The Balaban J connectivity index is 2.14. The number of ether oxygens (including phenoxy) is 1. The van der Waals surface area contributed by atoms with Crippen molar-refractivity contribution in [1.29, 1.82) is 0 Å². The van der Waals surface area contributed by atoms with Crippen LogP contribution in [0, 0.1) is 0 Å². The summed E-state index contributed by atoms with van der Waals surface area (Å²) in [5.74, 6) is -0.918. The topological polar surface area (TPSA) is 26.3 Å². The van der Waals surface area contributed by atoms with Crippen molar-refractivity contribution in [2.24, 2.45) is 0 Å². The van der Waals surface area contributed by atoms with Gasteiger partial charge < -0.3 is 4.74 Å². The van der Waals surface area contributed by atoms with Crippen LogP contribution in [0.3, 0.4) is 0 Å². The normalized spacial score (nSPS) is 17.6. The molecule has 0 radical (unpaired) electrons. The van der Waals surface area contributed by atoms with Crippen LogP contribution in [-0.4, -0.2) is 18.2 Å². The van der Waals surface area contributed by atoms with Gasteiger partial charge in [-0.1, -0.05) is 36.8 Å². The highest BCUT2D eigenvalue weighted by Crippen LogP contribution is 2.34. The Bertz CT molecular complexity index is 500. The molecule has 0 saturated heterocycles. The standard InChI is InChI=1S/C16H17F3O2/c17-16(18,19)14(12-7-3-1-4-8-12)11-15(20)21-13-9-5-2-6-10-13/h1,3-4,7-8,11,13H,2,5-6,9-10H2/b14-11-. The molecule has 1 aromatic rings. The van der Waals surface area contributed by atoms with Crippen LogP contribution in [-0.2, 0) is 9.53 Å². The van der Waals surface area contributed by atoms with Crippen LogP contribution in [0.25, 0.3) is 5.57 Å². The summed E-state index contributed by atoms with van der Waals surface area (Å²) in [5, 5.41) is 0. The van der Waals surface area contributed by atoms with Crippen LogP contribution >= 0.6 is 0 Å². The minimum Gasteiger partial charge on any atom is -0.459 e. The SMILES string of the molecule is O=C(/C=C(/c1ccccc1)C(F)(F)F)OC1CCCCC1. The zero-order valence-corrected chi connectivity index (χ0v) is 11.5. The number of rotatable bonds is 3. The van der Waals surface area contributed by atoms with E-state index in [-0.39, 0.29) is 11.7 Å². The Morgan fingerprint density at radius 2 is 1.71 bits per heavy atom. The number of benzene rings is 1. The lowest BCUT2D eigenvalue weighted by Gasteiger charge is -2.21. The monoisotopic (exact) mass is 298 g/mol. The zero-order valence-electron chi connectivity index (χ0n) is 11.5. The lowest BCUT2D eigenvalue weighted by Crippen LogP contribution is -2.21. The lowest BCUT2D eigenvalue weighted by atomic mass is 9.98. The molecule has 2 rings (SSSR count). The highest BCUT2D eigenvalue weighted by Gasteiger charge is 2.35. The average molecular weight is 298 g/mol. The average Bonchev–Trinajstić information content (AvgIpc) is 2.45. The Labute approximate surface area is 121 Å². The van der Waals surface area contributed by atoms with E-state index in [0.717, 1.165) is 32.1 Å². The number of alkyl halides is 3. The van der Waals surface area contributed by atoms with E-state index in [0.29, 0.717) is 6.08 Å². The molecule has 1 saturated carbocycles. The van der Waals surface area contributed by atoms with E-state index >= 15 is 0 Å². The van der Waals surface area contributed by atoms with Gasteiger partial charge in [0, 0.05) is 6.08 Å².